The number of aromatic nitrogens is 2. The molecule has 1 aliphatic carbocycles. The van der Waals surface area contributed by atoms with Crippen molar-refractivity contribution in [2.45, 2.75) is 68.0 Å². The molecule has 16 nitrogen and oxygen atoms in total. The van der Waals surface area contributed by atoms with Crippen molar-refractivity contribution in [1.29, 1.82) is 0 Å². The Kier molecular flexibility index (Phi) is 9.11. The summed E-state index contributed by atoms with van der Waals surface area (Å²) in [6, 6.07) is -0.881. The van der Waals surface area contributed by atoms with Gasteiger partial charge in [0, 0.05) is 18.7 Å². The van der Waals surface area contributed by atoms with Crippen LogP contribution in [0.1, 0.15) is 6.42 Å². The number of nitrogen functional groups attached to an aromatic ring is 1. The molecule has 0 spiro atoms. The highest BCUT2D eigenvalue weighted by Gasteiger charge is 2.47. The van der Waals surface area contributed by atoms with Crippen molar-refractivity contribution >= 4 is 11.7 Å². The lowest BCUT2D eigenvalue weighted by Crippen LogP contribution is -2.64. The highest BCUT2D eigenvalue weighted by molar-refractivity contribution is 5.75. The molecular formula is C19H33N7O9. The van der Waals surface area contributed by atoms with Crippen LogP contribution in [-0.4, -0.2) is 104 Å². The lowest BCUT2D eigenvalue weighted by atomic mass is 9.80. The lowest BCUT2D eigenvalue weighted by Gasteiger charge is -2.43. The largest absolute Gasteiger partial charge is 0.391 e. The molecule has 1 saturated carbocycles. The number of amides is 1. The third kappa shape index (κ3) is 6.31. The zero-order valence-electron chi connectivity index (χ0n) is 18.8. The molecule has 0 unspecified atom stereocenters. The molecule has 0 bridgehead atoms. The SMILES string of the molecule is NC[C@H]1C[C@@H](O)[C@H](N)[C@@H](O)[C@@H]1OO[C@H]1O[C@H](CNC(=O)Cn2ccc(N)nc2=O)[C@@H](O)[C@H](O)[C@H]1N. The molecule has 2 aliphatic rings. The fourth-order valence-electron chi connectivity index (χ4n) is 4.01. The number of carbonyl (C=O) groups is 1. The van der Waals surface area contributed by atoms with Gasteiger partial charge >= 0.3 is 5.69 Å². The van der Waals surface area contributed by atoms with Crippen molar-refractivity contribution < 1.29 is 39.7 Å². The van der Waals surface area contributed by atoms with E-state index in [1.807, 2.05) is 0 Å². The molecule has 1 aromatic heterocycles. The van der Waals surface area contributed by atoms with Crippen LogP contribution in [-0.2, 0) is 25.9 Å². The number of carbonyl (C=O) groups excluding carboxylic acids is 1. The summed E-state index contributed by atoms with van der Waals surface area (Å²) in [5.74, 6) is -1.08. The maximum Gasteiger partial charge on any atom is 0.349 e. The molecule has 10 atom stereocenters. The molecular weight excluding hydrogens is 470 g/mol. The molecule has 1 amide bonds. The van der Waals surface area contributed by atoms with Crippen molar-refractivity contribution in [3.8, 4) is 0 Å². The summed E-state index contributed by atoms with van der Waals surface area (Å²) in [6.45, 7) is -0.573. The molecule has 13 N–H and O–H groups in total. The summed E-state index contributed by atoms with van der Waals surface area (Å²) in [4.78, 5) is 38.1. The molecule has 16 heteroatoms. The van der Waals surface area contributed by atoms with E-state index in [2.05, 4.69) is 10.3 Å². The Morgan fingerprint density at radius 1 is 1.17 bits per heavy atom. The minimum Gasteiger partial charge on any atom is -0.391 e. The number of aliphatic hydroxyl groups excluding tert-OH is 4. The molecule has 1 aromatic rings. The van der Waals surface area contributed by atoms with Crippen LogP contribution in [0.15, 0.2) is 17.1 Å². The third-order valence-corrected chi connectivity index (χ3v) is 6.21. The van der Waals surface area contributed by atoms with Gasteiger partial charge in [0.05, 0.1) is 18.2 Å². The van der Waals surface area contributed by atoms with E-state index >= 15 is 0 Å². The van der Waals surface area contributed by atoms with Crippen LogP contribution >= 0.6 is 0 Å². The highest BCUT2D eigenvalue weighted by atomic mass is 17.2. The van der Waals surface area contributed by atoms with Crippen LogP contribution < -0.4 is 33.9 Å². The third-order valence-electron chi connectivity index (χ3n) is 6.21. The molecule has 2 heterocycles. The van der Waals surface area contributed by atoms with E-state index in [1.54, 1.807) is 0 Å². The van der Waals surface area contributed by atoms with Crippen molar-refractivity contribution in [3.63, 3.8) is 0 Å². The number of ether oxygens (including phenoxy) is 1. The summed E-state index contributed by atoms with van der Waals surface area (Å²) in [5.41, 5.74) is 22.1. The standard InChI is InChI=1S/C19H33N7O9/c20-4-7-3-8(27)12(22)16(31)17(7)34-35-18-13(23)15(30)14(29)9(33-18)5-24-11(28)6-26-2-1-10(21)25-19(26)32/h1-2,7-9,12-18,27,29-31H,3-6,20,22-23H2,(H,24,28)(H2,21,25,32)/t7-,8-,9-,12+,13-,14-,15-,16-,17-,18-/m1/s1. The van der Waals surface area contributed by atoms with Gasteiger partial charge in [-0.3, -0.25) is 9.36 Å². The summed E-state index contributed by atoms with van der Waals surface area (Å²) in [5, 5.41) is 43.4. The first-order chi connectivity index (χ1) is 16.5. The maximum absolute atomic E-state index is 12.2. The first-order valence-electron chi connectivity index (χ1n) is 11.0. The predicted molar refractivity (Wildman–Crippen MR) is 118 cm³/mol. The van der Waals surface area contributed by atoms with Crippen LogP contribution in [0.4, 0.5) is 5.82 Å². The van der Waals surface area contributed by atoms with Gasteiger partial charge in [-0.25, -0.2) is 14.6 Å². The number of anilines is 1. The normalized spacial score (nSPS) is 37.7. The smallest absolute Gasteiger partial charge is 0.349 e. The second-order valence-electron chi connectivity index (χ2n) is 8.69. The fraction of sp³-hybridized carbons (Fsp3) is 0.737. The number of hydrogen-bond acceptors (Lipinski definition) is 14. The molecule has 198 valence electrons. The fourth-order valence-corrected chi connectivity index (χ4v) is 4.01. The van der Waals surface area contributed by atoms with Gasteiger partial charge in [-0.1, -0.05) is 0 Å². The van der Waals surface area contributed by atoms with Crippen LogP contribution in [0.25, 0.3) is 0 Å². The van der Waals surface area contributed by atoms with E-state index in [1.165, 1.54) is 12.3 Å². The van der Waals surface area contributed by atoms with Crippen molar-refractivity contribution in [3.05, 3.63) is 22.7 Å². The van der Waals surface area contributed by atoms with Gasteiger partial charge in [0.25, 0.3) is 0 Å². The average molecular weight is 504 g/mol. The summed E-state index contributed by atoms with van der Waals surface area (Å²) >= 11 is 0. The minimum absolute atomic E-state index is 0.0145. The topological polar surface area (TPSA) is 277 Å². The van der Waals surface area contributed by atoms with E-state index in [9.17, 15) is 30.0 Å². The maximum atomic E-state index is 12.2. The zero-order valence-corrected chi connectivity index (χ0v) is 18.8. The molecule has 1 saturated heterocycles. The summed E-state index contributed by atoms with van der Waals surface area (Å²) < 4.78 is 6.60. The Hall–Kier alpha value is -2.25. The van der Waals surface area contributed by atoms with E-state index in [0.29, 0.717) is 0 Å². The second kappa shape index (κ2) is 11.7. The lowest BCUT2D eigenvalue weighted by molar-refractivity contribution is -0.438. The predicted octanol–water partition coefficient (Wildman–Crippen LogP) is -5.94. The van der Waals surface area contributed by atoms with Crippen molar-refractivity contribution in [2.24, 2.45) is 23.1 Å². The number of nitrogens with two attached hydrogens (primary N) is 4. The van der Waals surface area contributed by atoms with Gasteiger partial charge in [0.1, 0.15) is 42.9 Å². The number of rotatable bonds is 8. The van der Waals surface area contributed by atoms with E-state index in [4.69, 9.17) is 37.4 Å². The minimum atomic E-state index is -1.51. The Morgan fingerprint density at radius 3 is 2.54 bits per heavy atom. The molecule has 0 radical (unpaired) electrons. The first-order valence-corrected chi connectivity index (χ1v) is 11.0. The Morgan fingerprint density at radius 2 is 1.89 bits per heavy atom. The van der Waals surface area contributed by atoms with Crippen LogP contribution in [0.5, 0.6) is 0 Å². The van der Waals surface area contributed by atoms with E-state index in [-0.39, 0.29) is 31.9 Å². The van der Waals surface area contributed by atoms with E-state index < -0.39 is 72.5 Å². The number of nitrogens with zero attached hydrogens (tertiary/aromatic N) is 2. The zero-order chi connectivity index (χ0) is 25.9. The molecule has 0 aromatic carbocycles. The monoisotopic (exact) mass is 503 g/mol. The molecule has 2 fully saturated rings. The van der Waals surface area contributed by atoms with Crippen LogP contribution in [0, 0.1) is 5.92 Å². The Balaban J connectivity index is 1.58. The number of nitrogens with one attached hydrogen (secondary N) is 1. The average Bonchev–Trinajstić information content (AvgIpc) is 2.82. The molecule has 3 rings (SSSR count). The quantitative estimate of drug-likeness (QED) is 0.118. The number of hydrogen-bond donors (Lipinski definition) is 9. The first kappa shape index (κ1) is 27.3. The van der Waals surface area contributed by atoms with Crippen molar-refractivity contribution in [1.82, 2.24) is 14.9 Å². The number of aliphatic hydroxyl groups is 4. The Bertz CT molecular complexity index is 919. The van der Waals surface area contributed by atoms with Gasteiger partial charge in [0.2, 0.25) is 12.2 Å². The second-order valence-corrected chi connectivity index (χ2v) is 8.69. The summed E-state index contributed by atoms with van der Waals surface area (Å²) in [6.07, 6.45) is -7.35. The van der Waals surface area contributed by atoms with Crippen LogP contribution in [0.2, 0.25) is 0 Å². The molecule has 35 heavy (non-hydrogen) atoms. The van der Waals surface area contributed by atoms with E-state index in [0.717, 1.165) is 4.57 Å². The van der Waals surface area contributed by atoms with Gasteiger partial charge in [-0.15, -0.1) is 0 Å². The molecule has 1 aliphatic heterocycles. The highest BCUT2D eigenvalue weighted by Crippen LogP contribution is 2.28. The van der Waals surface area contributed by atoms with Gasteiger partial charge in [-0.2, -0.15) is 4.98 Å². The summed E-state index contributed by atoms with van der Waals surface area (Å²) in [7, 11) is 0. The Labute approximate surface area is 199 Å². The van der Waals surface area contributed by atoms with Gasteiger partial charge < -0.3 is 53.4 Å². The van der Waals surface area contributed by atoms with Crippen molar-refractivity contribution in [2.75, 3.05) is 18.8 Å². The van der Waals surface area contributed by atoms with Crippen LogP contribution in [0.3, 0.4) is 0 Å². The van der Waals surface area contributed by atoms with Gasteiger partial charge in [-0.05, 0) is 19.0 Å². The van der Waals surface area contributed by atoms with Gasteiger partial charge in [0.15, 0.2) is 0 Å².